The molecule has 1 aromatic heterocycles. The standard InChI is InChI=1S/C16H20N4O5S3/c1-25-15-10-14(19-28(23,24)20-8-3-9-20)17-16(18-15)26-11-12-4-6-13(7-5-12)27(2,21)22/h4-7,10H,3,8-9,11H2,1-2H3,(H,17,18,19). The molecule has 1 N–H and O–H groups in total. The Hall–Kier alpha value is -1.89. The molecule has 152 valence electrons. The van der Waals surface area contributed by atoms with Gasteiger partial charge in [0.05, 0.1) is 12.0 Å². The van der Waals surface area contributed by atoms with Crippen LogP contribution in [0.25, 0.3) is 0 Å². The molecule has 1 fully saturated rings. The van der Waals surface area contributed by atoms with Crippen LogP contribution >= 0.6 is 11.8 Å². The maximum Gasteiger partial charge on any atom is 0.302 e. The molecular formula is C16H20N4O5S3. The van der Waals surface area contributed by atoms with Gasteiger partial charge < -0.3 is 4.74 Å². The van der Waals surface area contributed by atoms with Crippen molar-refractivity contribution in [3.63, 3.8) is 0 Å². The average Bonchev–Trinajstić information content (AvgIpc) is 2.57. The van der Waals surface area contributed by atoms with Crippen molar-refractivity contribution in [2.45, 2.75) is 22.2 Å². The maximum atomic E-state index is 12.2. The van der Waals surface area contributed by atoms with E-state index in [4.69, 9.17) is 4.74 Å². The van der Waals surface area contributed by atoms with Crippen molar-refractivity contribution >= 4 is 37.6 Å². The van der Waals surface area contributed by atoms with Crippen molar-refractivity contribution in [1.82, 2.24) is 14.3 Å². The molecule has 0 amide bonds. The third kappa shape index (κ3) is 5.13. The molecule has 0 radical (unpaired) electrons. The first kappa shape index (κ1) is 20.8. The topological polar surface area (TPSA) is 119 Å². The number of nitrogens with one attached hydrogen (secondary N) is 1. The normalized spacial score (nSPS) is 15.1. The van der Waals surface area contributed by atoms with E-state index < -0.39 is 20.0 Å². The Morgan fingerprint density at radius 1 is 1.14 bits per heavy atom. The Morgan fingerprint density at radius 3 is 2.36 bits per heavy atom. The van der Waals surface area contributed by atoms with E-state index in [0.29, 0.717) is 24.0 Å². The second-order valence-electron chi connectivity index (χ2n) is 6.14. The number of anilines is 1. The van der Waals surface area contributed by atoms with E-state index in [1.807, 2.05) is 0 Å². The minimum atomic E-state index is -3.63. The van der Waals surface area contributed by atoms with E-state index >= 15 is 0 Å². The zero-order valence-corrected chi connectivity index (χ0v) is 17.8. The van der Waals surface area contributed by atoms with Crippen molar-refractivity contribution in [2.75, 3.05) is 31.2 Å². The van der Waals surface area contributed by atoms with Gasteiger partial charge in [-0.15, -0.1) is 0 Å². The first-order chi connectivity index (χ1) is 13.2. The van der Waals surface area contributed by atoms with Gasteiger partial charge in [-0.25, -0.2) is 13.4 Å². The Kier molecular flexibility index (Phi) is 6.12. The fourth-order valence-electron chi connectivity index (χ4n) is 2.33. The van der Waals surface area contributed by atoms with Crippen LogP contribution in [0.4, 0.5) is 5.82 Å². The molecular weight excluding hydrogens is 424 g/mol. The smallest absolute Gasteiger partial charge is 0.302 e. The number of aromatic nitrogens is 2. The van der Waals surface area contributed by atoms with Gasteiger partial charge in [-0.2, -0.15) is 17.7 Å². The highest BCUT2D eigenvalue weighted by molar-refractivity contribution is 7.98. The lowest BCUT2D eigenvalue weighted by Gasteiger charge is -2.29. The second-order valence-corrected chi connectivity index (χ2v) is 10.8. The Morgan fingerprint density at radius 2 is 1.82 bits per heavy atom. The molecule has 0 spiro atoms. The number of methoxy groups -OCH3 is 1. The van der Waals surface area contributed by atoms with Crippen LogP contribution in [-0.4, -0.2) is 57.6 Å². The monoisotopic (exact) mass is 444 g/mol. The van der Waals surface area contributed by atoms with Crippen molar-refractivity contribution in [3.8, 4) is 5.88 Å². The summed E-state index contributed by atoms with van der Waals surface area (Å²) in [5.41, 5.74) is 0.881. The molecule has 12 heteroatoms. The summed E-state index contributed by atoms with van der Waals surface area (Å²) in [5, 5.41) is 0.341. The number of sulfone groups is 1. The SMILES string of the molecule is COc1cc(NS(=O)(=O)N2CCC2)nc(SCc2ccc(S(C)(=O)=O)cc2)n1. The van der Waals surface area contributed by atoms with Crippen LogP contribution < -0.4 is 9.46 Å². The lowest BCUT2D eigenvalue weighted by atomic mass is 10.2. The Labute approximate surface area is 168 Å². The summed E-state index contributed by atoms with van der Waals surface area (Å²) < 4.78 is 56.4. The van der Waals surface area contributed by atoms with Gasteiger partial charge in [-0.3, -0.25) is 4.72 Å². The minimum Gasteiger partial charge on any atom is -0.481 e. The van der Waals surface area contributed by atoms with Gasteiger partial charge in [-0.05, 0) is 24.1 Å². The first-order valence-corrected chi connectivity index (χ1v) is 12.6. The average molecular weight is 445 g/mol. The van der Waals surface area contributed by atoms with E-state index in [0.717, 1.165) is 18.2 Å². The van der Waals surface area contributed by atoms with Crippen LogP contribution in [0.1, 0.15) is 12.0 Å². The number of hydrogen-bond acceptors (Lipinski definition) is 8. The van der Waals surface area contributed by atoms with Crippen LogP contribution in [0.15, 0.2) is 40.4 Å². The quantitative estimate of drug-likeness (QED) is 0.481. The van der Waals surface area contributed by atoms with Crippen LogP contribution in [0.3, 0.4) is 0 Å². The fraction of sp³-hybridized carbons (Fsp3) is 0.375. The minimum absolute atomic E-state index is 0.133. The summed E-state index contributed by atoms with van der Waals surface area (Å²) in [7, 11) is -5.43. The van der Waals surface area contributed by atoms with E-state index in [1.165, 1.54) is 29.2 Å². The Bertz CT molecular complexity index is 1050. The second kappa shape index (κ2) is 8.23. The van der Waals surface area contributed by atoms with Gasteiger partial charge in [0.1, 0.15) is 5.82 Å². The van der Waals surface area contributed by atoms with Crippen molar-refractivity contribution in [3.05, 3.63) is 35.9 Å². The number of rotatable bonds is 8. The molecule has 0 aliphatic carbocycles. The fourth-order valence-corrected chi connectivity index (χ4v) is 5.00. The van der Waals surface area contributed by atoms with Gasteiger partial charge in [0.25, 0.3) is 0 Å². The zero-order valence-electron chi connectivity index (χ0n) is 15.3. The number of thioether (sulfide) groups is 1. The number of hydrogen-bond donors (Lipinski definition) is 1. The lowest BCUT2D eigenvalue weighted by molar-refractivity contribution is 0.311. The highest BCUT2D eigenvalue weighted by Crippen LogP contribution is 2.25. The maximum absolute atomic E-state index is 12.2. The van der Waals surface area contributed by atoms with Crippen LogP contribution in [0.5, 0.6) is 5.88 Å². The highest BCUT2D eigenvalue weighted by atomic mass is 32.2. The predicted octanol–water partition coefficient (Wildman–Crippen LogP) is 1.54. The van der Waals surface area contributed by atoms with Gasteiger partial charge in [-0.1, -0.05) is 23.9 Å². The Balaban J connectivity index is 1.73. The van der Waals surface area contributed by atoms with E-state index in [2.05, 4.69) is 14.7 Å². The molecule has 1 aromatic carbocycles. The molecule has 1 aliphatic heterocycles. The third-order valence-electron chi connectivity index (χ3n) is 4.00. The molecule has 2 aromatic rings. The summed E-state index contributed by atoms with van der Waals surface area (Å²) in [4.78, 5) is 8.71. The molecule has 0 saturated carbocycles. The van der Waals surface area contributed by atoms with Gasteiger partial charge in [0, 0.05) is 31.2 Å². The molecule has 28 heavy (non-hydrogen) atoms. The molecule has 1 saturated heterocycles. The number of nitrogens with zero attached hydrogens (tertiary/aromatic N) is 3. The van der Waals surface area contributed by atoms with Gasteiger partial charge in [0.2, 0.25) is 5.88 Å². The van der Waals surface area contributed by atoms with Crippen molar-refractivity contribution in [2.24, 2.45) is 0 Å². The molecule has 3 rings (SSSR count). The zero-order chi connectivity index (χ0) is 20.4. The molecule has 2 heterocycles. The van der Waals surface area contributed by atoms with Gasteiger partial charge in [0.15, 0.2) is 15.0 Å². The van der Waals surface area contributed by atoms with E-state index in [9.17, 15) is 16.8 Å². The summed E-state index contributed by atoms with van der Waals surface area (Å²) in [5.74, 6) is 0.857. The number of benzene rings is 1. The third-order valence-corrected chi connectivity index (χ3v) is 7.56. The van der Waals surface area contributed by atoms with Crippen molar-refractivity contribution in [1.29, 1.82) is 0 Å². The highest BCUT2D eigenvalue weighted by Gasteiger charge is 2.28. The summed E-state index contributed by atoms with van der Waals surface area (Å²) in [6, 6.07) is 7.95. The summed E-state index contributed by atoms with van der Waals surface area (Å²) in [6.07, 6.45) is 2.00. The largest absolute Gasteiger partial charge is 0.481 e. The lowest BCUT2D eigenvalue weighted by Crippen LogP contribution is -2.45. The number of ether oxygens (including phenoxy) is 1. The van der Waals surface area contributed by atoms with Crippen molar-refractivity contribution < 1.29 is 21.6 Å². The molecule has 1 aliphatic rings. The summed E-state index contributed by atoms with van der Waals surface area (Å²) >= 11 is 1.28. The molecule has 9 nitrogen and oxygen atoms in total. The van der Waals surface area contributed by atoms with Crippen LogP contribution in [-0.2, 0) is 25.8 Å². The molecule has 0 atom stereocenters. The first-order valence-electron chi connectivity index (χ1n) is 8.30. The van der Waals surface area contributed by atoms with E-state index in [1.54, 1.807) is 24.3 Å². The predicted molar refractivity (Wildman–Crippen MR) is 106 cm³/mol. The van der Waals surface area contributed by atoms with Crippen LogP contribution in [0.2, 0.25) is 0 Å². The molecule has 0 unspecified atom stereocenters. The summed E-state index contributed by atoms with van der Waals surface area (Å²) in [6.45, 7) is 0.977. The van der Waals surface area contributed by atoms with E-state index in [-0.39, 0.29) is 16.6 Å². The van der Waals surface area contributed by atoms with Gasteiger partial charge >= 0.3 is 10.2 Å². The molecule has 0 bridgehead atoms. The van der Waals surface area contributed by atoms with Crippen LogP contribution in [0, 0.1) is 0 Å².